The summed E-state index contributed by atoms with van der Waals surface area (Å²) in [5.41, 5.74) is 0. The van der Waals surface area contributed by atoms with E-state index in [0.717, 1.165) is 23.9 Å². The van der Waals surface area contributed by atoms with Crippen LogP contribution in [0.25, 0.3) is 0 Å². The third kappa shape index (κ3) is 3.56. The van der Waals surface area contributed by atoms with Crippen LogP contribution in [0.3, 0.4) is 0 Å². The van der Waals surface area contributed by atoms with Gasteiger partial charge in [-0.15, -0.1) is 0 Å². The fourth-order valence-corrected chi connectivity index (χ4v) is 2.30. The third-order valence-corrected chi connectivity index (χ3v) is 3.42. The van der Waals surface area contributed by atoms with E-state index >= 15 is 0 Å². The first kappa shape index (κ1) is 12.6. The van der Waals surface area contributed by atoms with Crippen molar-refractivity contribution in [3.63, 3.8) is 0 Å². The predicted molar refractivity (Wildman–Crippen MR) is 71.4 cm³/mol. The van der Waals surface area contributed by atoms with Crippen molar-refractivity contribution in [2.24, 2.45) is 0 Å². The molecule has 0 atom stereocenters. The molecule has 1 aromatic heterocycles. The van der Waals surface area contributed by atoms with E-state index in [2.05, 4.69) is 31.2 Å². The van der Waals surface area contributed by atoms with Gasteiger partial charge in [-0.2, -0.15) is 4.98 Å². The first-order valence-corrected chi connectivity index (χ1v) is 7.02. The molecule has 1 aliphatic rings. The van der Waals surface area contributed by atoms with Crippen LogP contribution in [0.5, 0.6) is 5.88 Å². The molecular formula is C12H18BrN3O. The lowest BCUT2D eigenvalue weighted by Crippen LogP contribution is -2.20. The van der Waals surface area contributed by atoms with E-state index in [9.17, 15) is 0 Å². The van der Waals surface area contributed by atoms with Crippen molar-refractivity contribution in [3.05, 3.63) is 10.7 Å². The lowest BCUT2D eigenvalue weighted by molar-refractivity contribution is 0.147. The smallest absolute Gasteiger partial charge is 0.233 e. The van der Waals surface area contributed by atoms with Crippen LogP contribution in [0.2, 0.25) is 0 Å². The van der Waals surface area contributed by atoms with Crippen molar-refractivity contribution in [1.29, 1.82) is 0 Å². The molecule has 0 aromatic carbocycles. The Kier molecular flexibility index (Phi) is 4.59. The SMILES string of the molecule is CCNc1ncc(Br)c(OC2CCCCC2)n1. The van der Waals surface area contributed by atoms with E-state index in [1.54, 1.807) is 6.20 Å². The van der Waals surface area contributed by atoms with E-state index in [-0.39, 0.29) is 0 Å². The number of halogens is 1. The zero-order valence-electron chi connectivity index (χ0n) is 10.1. The Labute approximate surface area is 110 Å². The van der Waals surface area contributed by atoms with Crippen LogP contribution in [-0.2, 0) is 0 Å². The van der Waals surface area contributed by atoms with Crippen LogP contribution in [0.1, 0.15) is 39.0 Å². The van der Waals surface area contributed by atoms with Crippen molar-refractivity contribution in [2.45, 2.75) is 45.1 Å². The molecule has 0 aliphatic heterocycles. The number of aromatic nitrogens is 2. The molecule has 1 heterocycles. The van der Waals surface area contributed by atoms with E-state index in [4.69, 9.17) is 4.74 Å². The largest absolute Gasteiger partial charge is 0.473 e. The van der Waals surface area contributed by atoms with Gasteiger partial charge in [0.1, 0.15) is 6.10 Å². The van der Waals surface area contributed by atoms with E-state index in [1.165, 1.54) is 19.3 Å². The monoisotopic (exact) mass is 299 g/mol. The topological polar surface area (TPSA) is 47.0 Å². The highest BCUT2D eigenvalue weighted by Gasteiger charge is 2.17. The molecule has 1 aliphatic carbocycles. The Morgan fingerprint density at radius 1 is 1.41 bits per heavy atom. The molecule has 1 N–H and O–H groups in total. The zero-order chi connectivity index (χ0) is 12.1. The predicted octanol–water partition coefficient (Wildman–Crippen LogP) is 3.38. The van der Waals surface area contributed by atoms with Gasteiger partial charge in [-0.25, -0.2) is 4.98 Å². The normalized spacial score (nSPS) is 16.8. The van der Waals surface area contributed by atoms with Crippen LogP contribution in [0.15, 0.2) is 10.7 Å². The average molecular weight is 300 g/mol. The highest BCUT2D eigenvalue weighted by atomic mass is 79.9. The Balaban J connectivity index is 2.04. The van der Waals surface area contributed by atoms with Gasteiger partial charge in [0.25, 0.3) is 0 Å². The molecule has 0 spiro atoms. The molecule has 5 heteroatoms. The van der Waals surface area contributed by atoms with Gasteiger partial charge < -0.3 is 10.1 Å². The first-order chi connectivity index (χ1) is 8.29. The maximum absolute atomic E-state index is 5.94. The summed E-state index contributed by atoms with van der Waals surface area (Å²) < 4.78 is 6.76. The van der Waals surface area contributed by atoms with Crippen LogP contribution < -0.4 is 10.1 Å². The van der Waals surface area contributed by atoms with Gasteiger partial charge in [-0.05, 0) is 48.5 Å². The minimum Gasteiger partial charge on any atom is -0.473 e. The van der Waals surface area contributed by atoms with E-state index in [1.807, 2.05) is 6.92 Å². The molecule has 0 saturated heterocycles. The molecule has 17 heavy (non-hydrogen) atoms. The van der Waals surface area contributed by atoms with Crippen molar-refractivity contribution in [3.8, 4) is 5.88 Å². The molecule has 94 valence electrons. The van der Waals surface area contributed by atoms with E-state index < -0.39 is 0 Å². The number of hydrogen-bond acceptors (Lipinski definition) is 4. The number of rotatable bonds is 4. The molecule has 0 unspecified atom stereocenters. The maximum Gasteiger partial charge on any atom is 0.233 e. The van der Waals surface area contributed by atoms with Crippen LogP contribution in [-0.4, -0.2) is 22.6 Å². The highest BCUT2D eigenvalue weighted by molar-refractivity contribution is 9.10. The Morgan fingerprint density at radius 3 is 2.88 bits per heavy atom. The highest BCUT2D eigenvalue weighted by Crippen LogP contribution is 2.27. The number of nitrogens with zero attached hydrogens (tertiary/aromatic N) is 2. The minimum atomic E-state index is 0.310. The summed E-state index contributed by atoms with van der Waals surface area (Å²) in [6, 6.07) is 0. The summed E-state index contributed by atoms with van der Waals surface area (Å²) in [5.74, 6) is 1.28. The fourth-order valence-electron chi connectivity index (χ4n) is 2.02. The second-order valence-corrected chi connectivity index (χ2v) is 5.11. The van der Waals surface area contributed by atoms with Crippen LogP contribution in [0.4, 0.5) is 5.95 Å². The molecule has 4 nitrogen and oxygen atoms in total. The summed E-state index contributed by atoms with van der Waals surface area (Å²) in [4.78, 5) is 8.54. The van der Waals surface area contributed by atoms with Crippen molar-refractivity contribution in [1.82, 2.24) is 9.97 Å². The van der Waals surface area contributed by atoms with Crippen LogP contribution >= 0.6 is 15.9 Å². The summed E-state index contributed by atoms with van der Waals surface area (Å²) in [6.45, 7) is 2.83. The lowest BCUT2D eigenvalue weighted by Gasteiger charge is -2.22. The van der Waals surface area contributed by atoms with Gasteiger partial charge in [-0.1, -0.05) is 6.42 Å². The molecule has 0 amide bonds. The standard InChI is InChI=1S/C12H18BrN3O/c1-2-14-12-15-8-10(13)11(16-12)17-9-6-4-3-5-7-9/h8-9H,2-7H2,1H3,(H,14,15,16). The minimum absolute atomic E-state index is 0.310. The van der Waals surface area contributed by atoms with Gasteiger partial charge in [0.2, 0.25) is 11.8 Å². The molecule has 1 saturated carbocycles. The summed E-state index contributed by atoms with van der Waals surface area (Å²) in [5, 5.41) is 3.09. The quantitative estimate of drug-likeness (QED) is 0.926. The number of hydrogen-bond donors (Lipinski definition) is 1. The van der Waals surface area contributed by atoms with Crippen molar-refractivity contribution >= 4 is 21.9 Å². The van der Waals surface area contributed by atoms with Gasteiger partial charge in [0.15, 0.2) is 0 Å². The molecule has 1 fully saturated rings. The summed E-state index contributed by atoms with van der Waals surface area (Å²) in [6.07, 6.45) is 8.15. The van der Waals surface area contributed by atoms with Gasteiger partial charge in [0, 0.05) is 6.54 Å². The zero-order valence-corrected chi connectivity index (χ0v) is 11.7. The number of anilines is 1. The molecule has 2 rings (SSSR count). The number of ether oxygens (including phenoxy) is 1. The summed E-state index contributed by atoms with van der Waals surface area (Å²) >= 11 is 3.43. The Hall–Kier alpha value is -0.840. The van der Waals surface area contributed by atoms with Crippen molar-refractivity contribution < 1.29 is 4.74 Å². The second kappa shape index (κ2) is 6.19. The Bertz CT molecular complexity index is 367. The molecular weight excluding hydrogens is 282 g/mol. The molecule has 1 aromatic rings. The van der Waals surface area contributed by atoms with Gasteiger partial charge in [0.05, 0.1) is 10.7 Å². The fraction of sp³-hybridized carbons (Fsp3) is 0.667. The number of nitrogens with one attached hydrogen (secondary N) is 1. The van der Waals surface area contributed by atoms with Crippen molar-refractivity contribution in [2.75, 3.05) is 11.9 Å². The van der Waals surface area contributed by atoms with E-state index in [0.29, 0.717) is 17.9 Å². The lowest BCUT2D eigenvalue weighted by atomic mass is 9.98. The average Bonchev–Trinajstić information content (AvgIpc) is 2.35. The molecule has 0 radical (unpaired) electrons. The molecule has 0 bridgehead atoms. The Morgan fingerprint density at radius 2 is 2.18 bits per heavy atom. The van der Waals surface area contributed by atoms with Crippen LogP contribution in [0, 0.1) is 0 Å². The summed E-state index contributed by atoms with van der Waals surface area (Å²) in [7, 11) is 0. The maximum atomic E-state index is 5.94. The third-order valence-electron chi connectivity index (χ3n) is 2.88. The van der Waals surface area contributed by atoms with Gasteiger partial charge in [-0.3, -0.25) is 0 Å². The first-order valence-electron chi connectivity index (χ1n) is 6.22. The second-order valence-electron chi connectivity index (χ2n) is 4.25. The van der Waals surface area contributed by atoms with Gasteiger partial charge >= 0.3 is 0 Å².